The first-order valence-electron chi connectivity index (χ1n) is 20.8. The van der Waals surface area contributed by atoms with Crippen LogP contribution in [0.2, 0.25) is 0 Å². The van der Waals surface area contributed by atoms with Crippen LogP contribution in [0.1, 0.15) is 27.8 Å². The molecule has 0 spiro atoms. The van der Waals surface area contributed by atoms with Crippen molar-refractivity contribution >= 4 is 60.5 Å². The maximum absolute atomic E-state index is 6.79. The van der Waals surface area contributed by atoms with E-state index in [1.54, 1.807) is 0 Å². The molecule has 0 saturated carbocycles. The summed E-state index contributed by atoms with van der Waals surface area (Å²) < 4.78 is 6.79. The van der Waals surface area contributed by atoms with Gasteiger partial charge in [-0.15, -0.1) is 0 Å². The van der Waals surface area contributed by atoms with Gasteiger partial charge < -0.3 is 9.32 Å². The minimum Gasteiger partial charge on any atom is -0.455 e. The van der Waals surface area contributed by atoms with Crippen LogP contribution >= 0.6 is 0 Å². The molecular weight excluding hydrogens is 727 g/mol. The summed E-state index contributed by atoms with van der Waals surface area (Å²) in [5.74, 6) is 0. The lowest BCUT2D eigenvalue weighted by atomic mass is 9.67. The van der Waals surface area contributed by atoms with Gasteiger partial charge in [0.1, 0.15) is 11.2 Å². The van der Waals surface area contributed by atoms with Crippen LogP contribution < -0.4 is 4.90 Å². The zero-order valence-corrected chi connectivity index (χ0v) is 33.1. The minimum absolute atomic E-state index is 0.531. The molecule has 1 aromatic heterocycles. The van der Waals surface area contributed by atoms with Gasteiger partial charge in [-0.2, -0.15) is 0 Å². The van der Waals surface area contributed by atoms with Crippen molar-refractivity contribution < 1.29 is 4.42 Å². The van der Waals surface area contributed by atoms with Gasteiger partial charge in [-0.1, -0.05) is 176 Å². The first-order valence-corrected chi connectivity index (χ1v) is 20.8. The first kappa shape index (κ1) is 34.4. The largest absolute Gasteiger partial charge is 0.455 e. The standard InChI is InChI=1S/C58H39NO/c1-38-16-5-7-22-45(38)39-30-32-43(33-31-39)59(54-36-40-17-6-8-23-46(40)56-51(54)35-34-50-49-26-11-14-29-55(49)60-57(50)56)44-21-15-20-42(37-44)58(41-18-3-2-4-19-41)52-27-12-9-24-47(52)48-25-10-13-28-53(48)58/h2-37H,1H3. The molecule has 0 fully saturated rings. The fraction of sp³-hybridized carbons (Fsp3) is 0.0345. The van der Waals surface area contributed by atoms with Crippen molar-refractivity contribution in [3.05, 3.63) is 246 Å². The third-order valence-electron chi connectivity index (χ3n) is 12.9. The Morgan fingerprint density at radius 3 is 1.80 bits per heavy atom. The summed E-state index contributed by atoms with van der Waals surface area (Å²) in [4.78, 5) is 2.46. The molecule has 0 amide bonds. The van der Waals surface area contributed by atoms with Gasteiger partial charge in [-0.25, -0.2) is 0 Å². The molecule has 1 aliphatic carbocycles. The molecular formula is C58H39NO. The second kappa shape index (κ2) is 13.4. The molecule has 0 saturated heterocycles. The lowest BCUT2D eigenvalue weighted by Gasteiger charge is -2.35. The molecule has 2 nitrogen and oxygen atoms in total. The second-order valence-corrected chi connectivity index (χ2v) is 16.0. The Labute approximate surface area is 349 Å². The molecule has 0 atom stereocenters. The molecule has 2 heteroatoms. The Hall–Kier alpha value is -7.68. The SMILES string of the molecule is Cc1ccccc1-c1ccc(N(c2cccc(C3(c4ccccc4)c4ccccc4-c4ccccc43)c2)c2cc3ccccc3c3c2ccc2c4ccccc4oc23)cc1. The molecule has 0 radical (unpaired) electrons. The predicted molar refractivity (Wildman–Crippen MR) is 251 cm³/mol. The Bertz CT molecular complexity index is 3400. The van der Waals surface area contributed by atoms with Crippen molar-refractivity contribution in [1.82, 2.24) is 0 Å². The highest BCUT2D eigenvalue weighted by atomic mass is 16.3. The van der Waals surface area contributed by atoms with Crippen LogP contribution in [-0.4, -0.2) is 0 Å². The molecule has 12 rings (SSSR count). The highest BCUT2D eigenvalue weighted by molar-refractivity contribution is 6.26. The summed E-state index contributed by atoms with van der Waals surface area (Å²) in [5, 5.41) is 6.83. The molecule has 11 aromatic rings. The van der Waals surface area contributed by atoms with Gasteiger partial charge in [0.2, 0.25) is 0 Å². The van der Waals surface area contributed by atoms with Gasteiger partial charge in [-0.3, -0.25) is 0 Å². The Kier molecular flexibility index (Phi) is 7.70. The van der Waals surface area contributed by atoms with E-state index in [-0.39, 0.29) is 0 Å². The molecule has 1 aliphatic rings. The third kappa shape index (κ3) is 5.01. The molecule has 60 heavy (non-hydrogen) atoms. The number of hydrogen-bond donors (Lipinski definition) is 0. The zero-order chi connectivity index (χ0) is 39.8. The quantitative estimate of drug-likeness (QED) is 0.157. The number of fused-ring (bicyclic) bond motifs is 10. The zero-order valence-electron chi connectivity index (χ0n) is 33.1. The summed E-state index contributed by atoms with van der Waals surface area (Å²) in [6.07, 6.45) is 0. The second-order valence-electron chi connectivity index (χ2n) is 16.0. The summed E-state index contributed by atoms with van der Waals surface area (Å²) in [7, 11) is 0. The number of rotatable bonds is 6. The van der Waals surface area contributed by atoms with Crippen molar-refractivity contribution in [3.63, 3.8) is 0 Å². The lowest BCUT2D eigenvalue weighted by Crippen LogP contribution is -2.28. The van der Waals surface area contributed by atoms with Crippen molar-refractivity contribution in [1.29, 1.82) is 0 Å². The average molecular weight is 766 g/mol. The van der Waals surface area contributed by atoms with Crippen molar-refractivity contribution in [3.8, 4) is 22.3 Å². The summed E-state index contributed by atoms with van der Waals surface area (Å²) in [6, 6.07) is 80.0. The van der Waals surface area contributed by atoms with Crippen LogP contribution in [-0.2, 0) is 5.41 Å². The Morgan fingerprint density at radius 2 is 1.03 bits per heavy atom. The number of furan rings is 1. The number of para-hydroxylation sites is 1. The fourth-order valence-corrected chi connectivity index (χ4v) is 10.2. The number of nitrogens with zero attached hydrogens (tertiary/aromatic N) is 1. The van der Waals surface area contributed by atoms with Crippen molar-refractivity contribution in [2.75, 3.05) is 4.90 Å². The summed E-state index contributed by atoms with van der Waals surface area (Å²) in [5.41, 5.74) is 15.8. The van der Waals surface area contributed by atoms with E-state index in [1.165, 1.54) is 55.5 Å². The van der Waals surface area contributed by atoms with E-state index in [4.69, 9.17) is 4.42 Å². The molecule has 1 heterocycles. The number of benzene rings is 10. The van der Waals surface area contributed by atoms with E-state index in [0.717, 1.165) is 55.2 Å². The molecule has 0 bridgehead atoms. The number of aryl methyl sites for hydroxylation is 1. The van der Waals surface area contributed by atoms with E-state index in [1.807, 2.05) is 0 Å². The van der Waals surface area contributed by atoms with Crippen LogP contribution in [0.3, 0.4) is 0 Å². The van der Waals surface area contributed by atoms with E-state index in [0.29, 0.717) is 0 Å². The van der Waals surface area contributed by atoms with Crippen LogP contribution in [0.25, 0.3) is 65.7 Å². The maximum Gasteiger partial charge on any atom is 0.143 e. The van der Waals surface area contributed by atoms with E-state index in [2.05, 4.69) is 230 Å². The number of hydrogen-bond acceptors (Lipinski definition) is 2. The van der Waals surface area contributed by atoms with Crippen molar-refractivity contribution in [2.24, 2.45) is 0 Å². The Balaban J connectivity index is 1.16. The smallest absolute Gasteiger partial charge is 0.143 e. The van der Waals surface area contributed by atoms with Gasteiger partial charge in [0.05, 0.1) is 11.1 Å². The topological polar surface area (TPSA) is 16.4 Å². The summed E-state index contributed by atoms with van der Waals surface area (Å²) >= 11 is 0. The fourth-order valence-electron chi connectivity index (χ4n) is 10.2. The monoisotopic (exact) mass is 765 g/mol. The van der Waals surface area contributed by atoms with E-state index in [9.17, 15) is 0 Å². The highest BCUT2D eigenvalue weighted by Gasteiger charge is 2.46. The first-order chi connectivity index (χ1) is 29.7. The van der Waals surface area contributed by atoms with Gasteiger partial charge in [0, 0.05) is 32.9 Å². The normalized spacial score (nSPS) is 12.9. The van der Waals surface area contributed by atoms with E-state index >= 15 is 0 Å². The molecule has 282 valence electrons. The predicted octanol–water partition coefficient (Wildman–Crippen LogP) is 15.7. The van der Waals surface area contributed by atoms with Gasteiger partial charge >= 0.3 is 0 Å². The lowest BCUT2D eigenvalue weighted by molar-refractivity contribution is 0.673. The van der Waals surface area contributed by atoms with Crippen LogP contribution in [0.15, 0.2) is 223 Å². The molecule has 0 aliphatic heterocycles. The van der Waals surface area contributed by atoms with Gasteiger partial charge in [0.25, 0.3) is 0 Å². The molecule has 0 unspecified atom stereocenters. The average Bonchev–Trinajstić information content (AvgIpc) is 3.84. The maximum atomic E-state index is 6.79. The number of anilines is 3. The van der Waals surface area contributed by atoms with Gasteiger partial charge in [-0.05, 0) is 110 Å². The van der Waals surface area contributed by atoms with Crippen LogP contribution in [0, 0.1) is 6.92 Å². The van der Waals surface area contributed by atoms with E-state index < -0.39 is 5.41 Å². The van der Waals surface area contributed by atoms with Gasteiger partial charge in [0.15, 0.2) is 0 Å². The molecule has 0 N–H and O–H groups in total. The van der Waals surface area contributed by atoms with Crippen LogP contribution in [0.4, 0.5) is 17.1 Å². The summed E-state index contributed by atoms with van der Waals surface area (Å²) in [6.45, 7) is 2.18. The van der Waals surface area contributed by atoms with Crippen molar-refractivity contribution in [2.45, 2.75) is 12.3 Å². The third-order valence-corrected chi connectivity index (χ3v) is 12.9. The molecule has 10 aromatic carbocycles. The highest BCUT2D eigenvalue weighted by Crippen LogP contribution is 2.57. The van der Waals surface area contributed by atoms with Crippen LogP contribution in [0.5, 0.6) is 0 Å². The Morgan fingerprint density at radius 1 is 0.417 bits per heavy atom. The minimum atomic E-state index is -0.531.